The van der Waals surface area contributed by atoms with E-state index in [-0.39, 0.29) is 11.9 Å². The van der Waals surface area contributed by atoms with Crippen LogP contribution in [0.1, 0.15) is 54.6 Å². The highest BCUT2D eigenvalue weighted by molar-refractivity contribution is 6.06. The molecule has 2 rings (SSSR count). The Morgan fingerprint density at radius 3 is 2.62 bits per heavy atom. The van der Waals surface area contributed by atoms with Gasteiger partial charge in [0.2, 0.25) is 5.78 Å². The lowest BCUT2D eigenvalue weighted by atomic mass is 9.92. The van der Waals surface area contributed by atoms with Crippen LogP contribution in [0.3, 0.4) is 0 Å². The van der Waals surface area contributed by atoms with E-state index in [9.17, 15) is 4.79 Å². The number of ether oxygens (including phenoxy) is 1. The first-order valence-corrected chi connectivity index (χ1v) is 5.90. The Morgan fingerprint density at radius 2 is 2.06 bits per heavy atom. The second kappa shape index (κ2) is 3.93. The van der Waals surface area contributed by atoms with E-state index in [1.54, 1.807) is 0 Å². The van der Waals surface area contributed by atoms with Gasteiger partial charge in [-0.2, -0.15) is 0 Å². The van der Waals surface area contributed by atoms with Crippen molar-refractivity contribution < 1.29 is 9.53 Å². The molecule has 0 radical (unpaired) electrons. The zero-order valence-electron chi connectivity index (χ0n) is 10.3. The summed E-state index contributed by atoms with van der Waals surface area (Å²) in [4.78, 5) is 12.2. The fraction of sp³-hybridized carbons (Fsp3) is 0.500. The molecule has 0 aliphatic carbocycles. The topological polar surface area (TPSA) is 26.3 Å². The molecule has 1 aliphatic rings. The number of carbonyl (C=O) groups excluding carboxylic acids is 1. The van der Waals surface area contributed by atoms with E-state index in [2.05, 4.69) is 19.9 Å². The molecule has 16 heavy (non-hydrogen) atoms. The van der Waals surface area contributed by atoms with Crippen molar-refractivity contribution in [1.29, 1.82) is 0 Å². The summed E-state index contributed by atoms with van der Waals surface area (Å²) >= 11 is 0. The van der Waals surface area contributed by atoms with E-state index in [0.29, 0.717) is 5.92 Å². The Hall–Kier alpha value is -1.31. The Bertz CT molecular complexity index is 433. The highest BCUT2D eigenvalue weighted by atomic mass is 16.5. The van der Waals surface area contributed by atoms with Gasteiger partial charge in [0, 0.05) is 0 Å². The molecule has 0 saturated heterocycles. The lowest BCUT2D eigenvalue weighted by Crippen LogP contribution is -2.19. The summed E-state index contributed by atoms with van der Waals surface area (Å²) in [6.07, 6.45) is 0.471. The summed E-state index contributed by atoms with van der Waals surface area (Å²) in [7, 11) is 0. The summed E-state index contributed by atoms with van der Waals surface area (Å²) < 4.78 is 5.74. The van der Waals surface area contributed by atoms with Gasteiger partial charge in [-0.05, 0) is 30.4 Å². The average molecular weight is 218 g/mol. The molecule has 0 aromatic heterocycles. The number of carbonyl (C=O) groups is 1. The van der Waals surface area contributed by atoms with Crippen LogP contribution in [-0.2, 0) is 0 Å². The zero-order chi connectivity index (χ0) is 11.9. The van der Waals surface area contributed by atoms with E-state index < -0.39 is 0 Å². The first-order chi connectivity index (χ1) is 7.56. The minimum Gasteiger partial charge on any atom is -0.481 e. The summed E-state index contributed by atoms with van der Waals surface area (Å²) in [6.45, 7) is 8.20. The predicted octanol–water partition coefficient (Wildman–Crippen LogP) is 3.47. The highest BCUT2D eigenvalue weighted by Crippen LogP contribution is 2.38. The van der Waals surface area contributed by atoms with Gasteiger partial charge in [0.15, 0.2) is 6.10 Å². The lowest BCUT2D eigenvalue weighted by Gasteiger charge is -2.10. The summed E-state index contributed by atoms with van der Waals surface area (Å²) in [5, 5.41) is 0. The number of hydrogen-bond donors (Lipinski definition) is 0. The van der Waals surface area contributed by atoms with Crippen LogP contribution in [0.25, 0.3) is 0 Å². The molecular weight excluding hydrogens is 200 g/mol. The van der Waals surface area contributed by atoms with Crippen LogP contribution < -0.4 is 4.74 Å². The standard InChI is InChI=1S/C14H18O2/c1-5-11-13(15)12-10(8(2)3)7-6-9(4)14(12)16-11/h6-8,11H,5H2,1-4H3. The van der Waals surface area contributed by atoms with Gasteiger partial charge >= 0.3 is 0 Å². The molecule has 1 aromatic rings. The minimum absolute atomic E-state index is 0.157. The second-order valence-corrected chi connectivity index (χ2v) is 4.71. The number of Topliss-reactive ketones (excluding diaryl/α,β-unsaturated/α-hetero) is 1. The number of ketones is 1. The third kappa shape index (κ3) is 1.53. The van der Waals surface area contributed by atoms with Gasteiger partial charge in [-0.25, -0.2) is 0 Å². The van der Waals surface area contributed by atoms with Crippen LogP contribution in [0.15, 0.2) is 12.1 Å². The van der Waals surface area contributed by atoms with Gasteiger partial charge in [0.25, 0.3) is 0 Å². The van der Waals surface area contributed by atoms with Crippen LogP contribution in [0, 0.1) is 6.92 Å². The van der Waals surface area contributed by atoms with Gasteiger partial charge < -0.3 is 4.74 Å². The van der Waals surface area contributed by atoms with E-state index in [4.69, 9.17) is 4.74 Å². The van der Waals surface area contributed by atoms with Gasteiger partial charge in [0.05, 0.1) is 5.56 Å². The SMILES string of the molecule is CCC1Oc2c(C)ccc(C(C)C)c2C1=O. The van der Waals surface area contributed by atoms with Crippen LogP contribution >= 0.6 is 0 Å². The molecule has 1 aliphatic heterocycles. The Kier molecular flexibility index (Phi) is 2.75. The van der Waals surface area contributed by atoms with Crippen molar-refractivity contribution in [3.63, 3.8) is 0 Å². The highest BCUT2D eigenvalue weighted by Gasteiger charge is 2.34. The number of hydrogen-bond acceptors (Lipinski definition) is 2. The van der Waals surface area contributed by atoms with Crippen LogP contribution in [0.2, 0.25) is 0 Å². The zero-order valence-corrected chi connectivity index (χ0v) is 10.3. The molecule has 1 unspecified atom stereocenters. The van der Waals surface area contributed by atoms with Crippen LogP contribution in [0.5, 0.6) is 5.75 Å². The normalized spacial score (nSPS) is 18.8. The molecule has 0 amide bonds. The number of benzene rings is 1. The number of aryl methyl sites for hydroxylation is 1. The molecule has 0 spiro atoms. The van der Waals surface area contributed by atoms with Gasteiger partial charge in [0.1, 0.15) is 5.75 Å². The molecule has 0 fully saturated rings. The van der Waals surface area contributed by atoms with Crippen molar-refractivity contribution in [3.05, 3.63) is 28.8 Å². The maximum atomic E-state index is 12.2. The molecule has 1 aromatic carbocycles. The first-order valence-electron chi connectivity index (χ1n) is 5.90. The van der Waals surface area contributed by atoms with Crippen LogP contribution in [-0.4, -0.2) is 11.9 Å². The van der Waals surface area contributed by atoms with Crippen molar-refractivity contribution in [2.24, 2.45) is 0 Å². The van der Waals surface area contributed by atoms with E-state index in [0.717, 1.165) is 28.9 Å². The molecule has 1 atom stereocenters. The van der Waals surface area contributed by atoms with Gasteiger partial charge in [-0.15, -0.1) is 0 Å². The fourth-order valence-corrected chi connectivity index (χ4v) is 2.21. The van der Waals surface area contributed by atoms with Crippen molar-refractivity contribution in [1.82, 2.24) is 0 Å². The molecule has 0 saturated carbocycles. The lowest BCUT2D eigenvalue weighted by molar-refractivity contribution is 0.0852. The Morgan fingerprint density at radius 1 is 1.38 bits per heavy atom. The van der Waals surface area contributed by atoms with Crippen molar-refractivity contribution in [3.8, 4) is 5.75 Å². The van der Waals surface area contributed by atoms with E-state index >= 15 is 0 Å². The Labute approximate surface area is 96.6 Å². The molecule has 2 nitrogen and oxygen atoms in total. The molecule has 0 bridgehead atoms. The van der Waals surface area contributed by atoms with Gasteiger partial charge in [-0.3, -0.25) is 4.79 Å². The number of fused-ring (bicyclic) bond motifs is 1. The molecule has 1 heterocycles. The summed E-state index contributed by atoms with van der Waals surface area (Å²) in [5.74, 6) is 1.32. The second-order valence-electron chi connectivity index (χ2n) is 4.71. The van der Waals surface area contributed by atoms with Gasteiger partial charge in [-0.1, -0.05) is 32.9 Å². The minimum atomic E-state index is -0.270. The smallest absolute Gasteiger partial charge is 0.207 e. The molecular formula is C14H18O2. The van der Waals surface area contributed by atoms with Crippen LogP contribution in [0.4, 0.5) is 0 Å². The third-order valence-corrected chi connectivity index (χ3v) is 3.18. The molecule has 2 heteroatoms. The van der Waals surface area contributed by atoms with Crippen molar-refractivity contribution in [2.75, 3.05) is 0 Å². The Balaban J connectivity index is 2.59. The first kappa shape index (κ1) is 11.2. The largest absolute Gasteiger partial charge is 0.481 e. The predicted molar refractivity (Wildman–Crippen MR) is 64.3 cm³/mol. The molecule has 86 valence electrons. The average Bonchev–Trinajstić information content (AvgIpc) is 2.57. The maximum absolute atomic E-state index is 12.2. The van der Waals surface area contributed by atoms with Crippen molar-refractivity contribution >= 4 is 5.78 Å². The van der Waals surface area contributed by atoms with Crippen molar-refractivity contribution in [2.45, 2.75) is 46.1 Å². The quantitative estimate of drug-likeness (QED) is 0.759. The summed E-state index contributed by atoms with van der Waals surface area (Å²) in [5.41, 5.74) is 2.99. The summed E-state index contributed by atoms with van der Waals surface area (Å²) in [6, 6.07) is 4.09. The fourth-order valence-electron chi connectivity index (χ4n) is 2.21. The maximum Gasteiger partial charge on any atom is 0.207 e. The monoisotopic (exact) mass is 218 g/mol. The third-order valence-electron chi connectivity index (χ3n) is 3.18. The van der Waals surface area contributed by atoms with E-state index in [1.165, 1.54) is 0 Å². The van der Waals surface area contributed by atoms with E-state index in [1.807, 2.05) is 19.9 Å². The molecule has 0 N–H and O–H groups in total. The number of rotatable bonds is 2.